The molecule has 0 aliphatic carbocycles. The number of pyridine rings is 2. The third kappa shape index (κ3) is 3.58. The number of para-hydroxylation sites is 1. The Morgan fingerprint density at radius 2 is 1.97 bits per heavy atom. The number of methoxy groups -OCH3 is 1. The number of aromatic nitrogens is 3. The van der Waals surface area contributed by atoms with Gasteiger partial charge in [-0.15, -0.1) is 0 Å². The van der Waals surface area contributed by atoms with E-state index in [4.69, 9.17) is 14.5 Å². The van der Waals surface area contributed by atoms with Gasteiger partial charge in [-0.1, -0.05) is 18.2 Å². The molecule has 0 unspecified atom stereocenters. The number of benzene rings is 1. The molecular formula is C23H25N5O2. The molecule has 7 heteroatoms. The molecule has 0 amide bonds. The van der Waals surface area contributed by atoms with E-state index in [0.717, 1.165) is 59.9 Å². The van der Waals surface area contributed by atoms with Crippen molar-refractivity contribution in [2.24, 2.45) is 0 Å². The van der Waals surface area contributed by atoms with E-state index in [0.29, 0.717) is 13.2 Å². The molecule has 5 rings (SSSR count). The maximum atomic E-state index is 5.71. The Bertz CT molecular complexity index is 1170. The summed E-state index contributed by atoms with van der Waals surface area (Å²) in [6, 6.07) is 14.5. The summed E-state index contributed by atoms with van der Waals surface area (Å²) in [5.74, 6) is 0.782. The van der Waals surface area contributed by atoms with Crippen LogP contribution in [0.2, 0.25) is 0 Å². The number of ether oxygens (including phenoxy) is 2. The molecule has 1 saturated heterocycles. The van der Waals surface area contributed by atoms with Crippen molar-refractivity contribution in [1.82, 2.24) is 19.7 Å². The van der Waals surface area contributed by atoms with E-state index >= 15 is 0 Å². The van der Waals surface area contributed by atoms with Crippen LogP contribution >= 0.6 is 0 Å². The predicted molar refractivity (Wildman–Crippen MR) is 118 cm³/mol. The first kappa shape index (κ1) is 18.8. The number of fused-ring (bicyclic) bond motifs is 2. The molecule has 0 bridgehead atoms. The fourth-order valence-corrected chi connectivity index (χ4v) is 3.92. The van der Waals surface area contributed by atoms with Crippen LogP contribution in [0.15, 0.2) is 54.9 Å². The predicted octanol–water partition coefficient (Wildman–Crippen LogP) is 2.98. The maximum absolute atomic E-state index is 5.71. The SMILES string of the molecule is COCCOc1ccn2c(-c3ccc4cccc(N5CCNCC5)c4n3)cnc2c1. The summed E-state index contributed by atoms with van der Waals surface area (Å²) in [6.07, 6.45) is 3.85. The molecule has 1 fully saturated rings. The average Bonchev–Trinajstić information content (AvgIpc) is 3.22. The molecule has 0 radical (unpaired) electrons. The Kier molecular flexibility index (Phi) is 5.21. The Labute approximate surface area is 175 Å². The van der Waals surface area contributed by atoms with Gasteiger partial charge in [0.05, 0.1) is 35.4 Å². The molecule has 1 aliphatic rings. The Balaban J connectivity index is 1.52. The molecule has 154 valence electrons. The molecular weight excluding hydrogens is 378 g/mol. The van der Waals surface area contributed by atoms with Gasteiger partial charge in [0.1, 0.15) is 18.0 Å². The molecule has 7 nitrogen and oxygen atoms in total. The van der Waals surface area contributed by atoms with Gasteiger partial charge in [-0.3, -0.25) is 4.40 Å². The highest BCUT2D eigenvalue weighted by Crippen LogP contribution is 2.29. The summed E-state index contributed by atoms with van der Waals surface area (Å²) in [4.78, 5) is 12.0. The van der Waals surface area contributed by atoms with E-state index in [1.165, 1.54) is 5.69 Å². The summed E-state index contributed by atoms with van der Waals surface area (Å²) < 4.78 is 12.8. The van der Waals surface area contributed by atoms with Gasteiger partial charge in [0.15, 0.2) is 0 Å². The third-order valence-electron chi connectivity index (χ3n) is 5.46. The van der Waals surface area contributed by atoms with E-state index in [1.807, 2.05) is 28.9 Å². The normalized spacial score (nSPS) is 14.5. The van der Waals surface area contributed by atoms with Gasteiger partial charge in [-0.25, -0.2) is 9.97 Å². The first-order chi connectivity index (χ1) is 14.8. The summed E-state index contributed by atoms with van der Waals surface area (Å²) in [6.45, 7) is 5.05. The average molecular weight is 403 g/mol. The Morgan fingerprint density at radius 3 is 2.83 bits per heavy atom. The number of rotatable bonds is 6. The van der Waals surface area contributed by atoms with Gasteiger partial charge in [0.25, 0.3) is 0 Å². The molecule has 0 saturated carbocycles. The van der Waals surface area contributed by atoms with E-state index in [-0.39, 0.29) is 0 Å². The lowest BCUT2D eigenvalue weighted by atomic mass is 10.1. The van der Waals surface area contributed by atoms with E-state index < -0.39 is 0 Å². The molecule has 0 atom stereocenters. The number of hydrogen-bond donors (Lipinski definition) is 1. The standard InChI is InChI=1S/C23H25N5O2/c1-29-13-14-30-18-7-10-28-21(16-25-22(28)15-18)19-6-5-17-3-2-4-20(23(17)26-19)27-11-8-24-9-12-27/h2-7,10,15-16,24H,8-9,11-14H2,1H3. The van der Waals surface area contributed by atoms with Gasteiger partial charge in [0, 0.05) is 50.9 Å². The minimum atomic E-state index is 0.515. The van der Waals surface area contributed by atoms with Crippen LogP contribution in [0.5, 0.6) is 5.75 Å². The van der Waals surface area contributed by atoms with Crippen LogP contribution in [0.3, 0.4) is 0 Å². The summed E-state index contributed by atoms with van der Waals surface area (Å²) in [5.41, 5.74) is 4.93. The van der Waals surface area contributed by atoms with Crippen molar-refractivity contribution in [3.8, 4) is 17.1 Å². The number of nitrogens with one attached hydrogen (secondary N) is 1. The lowest BCUT2D eigenvalue weighted by molar-refractivity contribution is 0.146. The largest absolute Gasteiger partial charge is 0.491 e. The second-order valence-corrected chi connectivity index (χ2v) is 7.36. The first-order valence-corrected chi connectivity index (χ1v) is 10.3. The van der Waals surface area contributed by atoms with Crippen molar-refractivity contribution in [3.05, 3.63) is 54.9 Å². The van der Waals surface area contributed by atoms with Crippen molar-refractivity contribution in [1.29, 1.82) is 0 Å². The summed E-state index contributed by atoms with van der Waals surface area (Å²) >= 11 is 0. The smallest absolute Gasteiger partial charge is 0.140 e. The molecule has 1 aliphatic heterocycles. The van der Waals surface area contributed by atoms with Crippen LogP contribution in [-0.4, -0.2) is 60.9 Å². The molecule has 0 spiro atoms. The van der Waals surface area contributed by atoms with Gasteiger partial charge >= 0.3 is 0 Å². The van der Waals surface area contributed by atoms with Crippen molar-refractivity contribution < 1.29 is 9.47 Å². The van der Waals surface area contributed by atoms with Gasteiger partial charge < -0.3 is 19.7 Å². The monoisotopic (exact) mass is 403 g/mol. The van der Waals surface area contributed by atoms with Crippen molar-refractivity contribution in [2.45, 2.75) is 0 Å². The molecule has 1 aromatic carbocycles. The quantitative estimate of drug-likeness (QED) is 0.500. The topological polar surface area (TPSA) is 63.9 Å². The van der Waals surface area contributed by atoms with E-state index in [2.05, 4.69) is 45.5 Å². The van der Waals surface area contributed by atoms with Crippen LogP contribution in [-0.2, 0) is 4.74 Å². The highest BCUT2D eigenvalue weighted by molar-refractivity contribution is 5.92. The third-order valence-corrected chi connectivity index (χ3v) is 5.46. The highest BCUT2D eigenvalue weighted by atomic mass is 16.5. The molecule has 3 aromatic heterocycles. The van der Waals surface area contributed by atoms with E-state index in [1.54, 1.807) is 7.11 Å². The lowest BCUT2D eigenvalue weighted by Gasteiger charge is -2.30. The van der Waals surface area contributed by atoms with E-state index in [9.17, 15) is 0 Å². The number of piperazine rings is 1. The van der Waals surface area contributed by atoms with Crippen LogP contribution in [0, 0.1) is 0 Å². The number of imidazole rings is 1. The van der Waals surface area contributed by atoms with Crippen molar-refractivity contribution >= 4 is 22.2 Å². The number of anilines is 1. The Hall–Kier alpha value is -3.16. The fourth-order valence-electron chi connectivity index (χ4n) is 3.92. The summed E-state index contributed by atoms with van der Waals surface area (Å²) in [7, 11) is 1.66. The van der Waals surface area contributed by atoms with Crippen LogP contribution in [0.4, 0.5) is 5.69 Å². The zero-order chi connectivity index (χ0) is 20.3. The first-order valence-electron chi connectivity index (χ1n) is 10.3. The number of hydrogen-bond acceptors (Lipinski definition) is 6. The summed E-state index contributed by atoms with van der Waals surface area (Å²) in [5, 5.41) is 4.57. The lowest BCUT2D eigenvalue weighted by Crippen LogP contribution is -2.43. The van der Waals surface area contributed by atoms with Crippen LogP contribution < -0.4 is 15.0 Å². The zero-order valence-electron chi connectivity index (χ0n) is 17.0. The van der Waals surface area contributed by atoms with Crippen molar-refractivity contribution in [3.63, 3.8) is 0 Å². The van der Waals surface area contributed by atoms with Gasteiger partial charge in [-0.05, 0) is 18.2 Å². The zero-order valence-corrected chi connectivity index (χ0v) is 17.0. The molecule has 30 heavy (non-hydrogen) atoms. The minimum Gasteiger partial charge on any atom is -0.491 e. The molecule has 4 heterocycles. The van der Waals surface area contributed by atoms with Gasteiger partial charge in [0.2, 0.25) is 0 Å². The minimum absolute atomic E-state index is 0.515. The second-order valence-electron chi connectivity index (χ2n) is 7.36. The van der Waals surface area contributed by atoms with Crippen LogP contribution in [0.1, 0.15) is 0 Å². The van der Waals surface area contributed by atoms with Crippen molar-refractivity contribution in [2.75, 3.05) is 51.4 Å². The number of nitrogens with zero attached hydrogens (tertiary/aromatic N) is 4. The maximum Gasteiger partial charge on any atom is 0.140 e. The van der Waals surface area contributed by atoms with Gasteiger partial charge in [-0.2, -0.15) is 0 Å². The highest BCUT2D eigenvalue weighted by Gasteiger charge is 2.15. The van der Waals surface area contributed by atoms with Crippen LogP contribution in [0.25, 0.3) is 27.9 Å². The molecule has 4 aromatic rings. The Morgan fingerprint density at radius 1 is 1.07 bits per heavy atom. The molecule has 1 N–H and O–H groups in total. The second kappa shape index (κ2) is 8.30. The fraction of sp³-hybridized carbons (Fsp3) is 0.304.